The Morgan fingerprint density at radius 2 is 1.64 bits per heavy atom. The van der Waals surface area contributed by atoms with E-state index in [1.807, 2.05) is 19.1 Å². The summed E-state index contributed by atoms with van der Waals surface area (Å²) >= 11 is 0. The normalized spacial score (nSPS) is 26.4. The maximum atomic E-state index is 12.8. The van der Waals surface area contributed by atoms with E-state index >= 15 is 0 Å². The summed E-state index contributed by atoms with van der Waals surface area (Å²) in [4.78, 5) is 14.0. The van der Waals surface area contributed by atoms with E-state index < -0.39 is 16.0 Å². The second kappa shape index (κ2) is 7.43. The molecule has 3 rings (SSSR count). The van der Waals surface area contributed by atoms with Crippen LogP contribution in [0.5, 0.6) is 0 Å². The van der Waals surface area contributed by atoms with Gasteiger partial charge >= 0.3 is 5.97 Å². The summed E-state index contributed by atoms with van der Waals surface area (Å²) in [6.45, 7) is 3.95. The van der Waals surface area contributed by atoms with Crippen LogP contribution < -0.4 is 0 Å². The lowest BCUT2D eigenvalue weighted by Crippen LogP contribution is -2.55. The third kappa shape index (κ3) is 3.88. The summed E-state index contributed by atoms with van der Waals surface area (Å²) < 4.78 is 27.1. The highest BCUT2D eigenvalue weighted by Crippen LogP contribution is 2.30. The molecule has 1 saturated carbocycles. The lowest BCUT2D eigenvalue weighted by atomic mass is 9.83. The number of benzene rings is 1. The van der Waals surface area contributed by atoms with E-state index in [0.29, 0.717) is 31.1 Å². The monoisotopic (exact) mass is 366 g/mol. The molecule has 0 spiro atoms. The second-order valence-corrected chi connectivity index (χ2v) is 8.99. The number of nitrogens with zero attached hydrogens (tertiary/aromatic N) is 2. The van der Waals surface area contributed by atoms with Gasteiger partial charge in [0.25, 0.3) is 0 Å². The Morgan fingerprint density at radius 1 is 1.04 bits per heavy atom. The second-order valence-electron chi connectivity index (χ2n) is 7.05. The van der Waals surface area contributed by atoms with Crippen LogP contribution in [-0.4, -0.2) is 60.9 Å². The van der Waals surface area contributed by atoms with Crippen molar-refractivity contribution in [2.75, 3.05) is 26.2 Å². The number of aliphatic carboxylic acids is 1. The fourth-order valence-corrected chi connectivity index (χ4v) is 5.39. The third-order valence-corrected chi connectivity index (χ3v) is 7.36. The van der Waals surface area contributed by atoms with Gasteiger partial charge in [-0.05, 0) is 31.9 Å². The summed E-state index contributed by atoms with van der Waals surface area (Å²) in [5, 5.41) is 9.46. The van der Waals surface area contributed by atoms with Gasteiger partial charge in [0.15, 0.2) is 0 Å². The van der Waals surface area contributed by atoms with Crippen LogP contribution in [0, 0.1) is 12.8 Å². The molecule has 2 fully saturated rings. The van der Waals surface area contributed by atoms with Crippen molar-refractivity contribution in [1.29, 1.82) is 0 Å². The van der Waals surface area contributed by atoms with Crippen molar-refractivity contribution in [3.8, 4) is 0 Å². The number of carboxylic acid groups (broad SMARTS) is 1. The van der Waals surface area contributed by atoms with Crippen molar-refractivity contribution >= 4 is 16.0 Å². The minimum Gasteiger partial charge on any atom is -0.481 e. The first-order valence-electron chi connectivity index (χ1n) is 8.93. The van der Waals surface area contributed by atoms with Gasteiger partial charge in [-0.25, -0.2) is 8.42 Å². The van der Waals surface area contributed by atoms with Gasteiger partial charge in [0.1, 0.15) is 0 Å². The van der Waals surface area contributed by atoms with Crippen molar-refractivity contribution in [1.82, 2.24) is 9.21 Å². The van der Waals surface area contributed by atoms with Crippen LogP contribution in [-0.2, 0) is 14.8 Å². The van der Waals surface area contributed by atoms with Crippen LogP contribution in [0.3, 0.4) is 0 Å². The maximum absolute atomic E-state index is 12.8. The van der Waals surface area contributed by atoms with E-state index in [0.717, 1.165) is 31.2 Å². The number of sulfonamides is 1. The smallest absolute Gasteiger partial charge is 0.308 e. The van der Waals surface area contributed by atoms with Gasteiger partial charge in [-0.15, -0.1) is 0 Å². The first-order valence-corrected chi connectivity index (χ1v) is 10.4. The van der Waals surface area contributed by atoms with Crippen molar-refractivity contribution in [2.24, 2.45) is 5.92 Å². The zero-order chi connectivity index (χ0) is 18.0. The summed E-state index contributed by atoms with van der Waals surface area (Å²) in [7, 11) is -3.47. The number of hydrogen-bond donors (Lipinski definition) is 1. The molecule has 0 amide bonds. The van der Waals surface area contributed by atoms with Crippen LogP contribution in [0.25, 0.3) is 0 Å². The van der Waals surface area contributed by atoms with Gasteiger partial charge in [0.05, 0.1) is 10.8 Å². The molecule has 1 aromatic carbocycles. The molecular formula is C18H26N2O4S. The van der Waals surface area contributed by atoms with Crippen LogP contribution in [0.2, 0.25) is 0 Å². The SMILES string of the molecule is Cc1ccc(S(=O)(=O)N2CCN([C@@H]3CCCC[C@H]3C(=O)O)CC2)cc1. The molecule has 0 aromatic heterocycles. The number of carboxylic acids is 1. The molecular weight excluding hydrogens is 340 g/mol. The molecule has 0 bridgehead atoms. The molecule has 1 heterocycles. The summed E-state index contributed by atoms with van der Waals surface area (Å²) in [6.07, 6.45) is 3.63. The van der Waals surface area contributed by atoms with E-state index in [-0.39, 0.29) is 12.0 Å². The highest BCUT2D eigenvalue weighted by atomic mass is 32.2. The Bertz CT molecular complexity index is 709. The van der Waals surface area contributed by atoms with Gasteiger partial charge in [-0.1, -0.05) is 30.5 Å². The fraction of sp³-hybridized carbons (Fsp3) is 0.611. The molecule has 1 saturated heterocycles. The van der Waals surface area contributed by atoms with Gasteiger partial charge in [0, 0.05) is 32.2 Å². The topological polar surface area (TPSA) is 77.9 Å². The van der Waals surface area contributed by atoms with E-state index in [1.165, 1.54) is 4.31 Å². The Morgan fingerprint density at radius 3 is 2.24 bits per heavy atom. The van der Waals surface area contributed by atoms with Crippen LogP contribution in [0.15, 0.2) is 29.2 Å². The molecule has 138 valence electrons. The molecule has 2 aliphatic rings. The van der Waals surface area contributed by atoms with E-state index in [2.05, 4.69) is 4.90 Å². The number of hydrogen-bond acceptors (Lipinski definition) is 4. The molecule has 1 aromatic rings. The largest absolute Gasteiger partial charge is 0.481 e. The molecule has 1 aliphatic heterocycles. The first kappa shape index (κ1) is 18.4. The molecule has 2 atom stereocenters. The van der Waals surface area contributed by atoms with Crippen molar-refractivity contribution in [3.63, 3.8) is 0 Å². The predicted octanol–water partition coefficient (Wildman–Crippen LogP) is 1.94. The highest BCUT2D eigenvalue weighted by Gasteiger charge is 2.37. The molecule has 0 radical (unpaired) electrons. The quantitative estimate of drug-likeness (QED) is 0.881. The first-order chi connectivity index (χ1) is 11.9. The molecule has 25 heavy (non-hydrogen) atoms. The molecule has 7 heteroatoms. The van der Waals surface area contributed by atoms with Crippen molar-refractivity contribution in [3.05, 3.63) is 29.8 Å². The van der Waals surface area contributed by atoms with E-state index in [1.54, 1.807) is 12.1 Å². The average Bonchev–Trinajstić information content (AvgIpc) is 2.62. The number of rotatable bonds is 4. The number of piperazine rings is 1. The Hall–Kier alpha value is -1.44. The van der Waals surface area contributed by atoms with Gasteiger partial charge in [-0.3, -0.25) is 9.69 Å². The van der Waals surface area contributed by atoms with Crippen LogP contribution >= 0.6 is 0 Å². The van der Waals surface area contributed by atoms with Crippen molar-refractivity contribution in [2.45, 2.75) is 43.5 Å². The minimum absolute atomic E-state index is 0.0375. The van der Waals surface area contributed by atoms with Gasteiger partial charge < -0.3 is 5.11 Å². The fourth-order valence-electron chi connectivity index (χ4n) is 3.97. The van der Waals surface area contributed by atoms with Gasteiger partial charge in [0.2, 0.25) is 10.0 Å². The minimum atomic E-state index is -3.47. The third-order valence-electron chi connectivity index (χ3n) is 5.45. The lowest BCUT2D eigenvalue weighted by Gasteiger charge is -2.42. The number of carbonyl (C=O) groups is 1. The summed E-state index contributed by atoms with van der Waals surface area (Å²) in [5.74, 6) is -1.05. The van der Waals surface area contributed by atoms with E-state index in [9.17, 15) is 18.3 Å². The maximum Gasteiger partial charge on any atom is 0.308 e. The predicted molar refractivity (Wildman–Crippen MR) is 94.9 cm³/mol. The Kier molecular flexibility index (Phi) is 5.46. The molecule has 1 N–H and O–H groups in total. The zero-order valence-corrected chi connectivity index (χ0v) is 15.4. The Balaban J connectivity index is 1.67. The van der Waals surface area contributed by atoms with Crippen LogP contribution in [0.4, 0.5) is 0 Å². The van der Waals surface area contributed by atoms with E-state index in [4.69, 9.17) is 0 Å². The highest BCUT2D eigenvalue weighted by molar-refractivity contribution is 7.89. The molecule has 0 unspecified atom stereocenters. The average molecular weight is 366 g/mol. The summed E-state index contributed by atoms with van der Waals surface area (Å²) in [6, 6.07) is 6.96. The standard InChI is InChI=1S/C18H26N2O4S/c1-14-6-8-15(9-7-14)25(23,24)20-12-10-19(11-13-20)17-5-3-2-4-16(17)18(21)22/h6-9,16-17H,2-5,10-13H2,1H3,(H,21,22)/t16-,17-/m1/s1. The zero-order valence-electron chi connectivity index (χ0n) is 14.6. The Labute approximate surface area is 149 Å². The lowest BCUT2D eigenvalue weighted by molar-refractivity contribution is -0.146. The molecule has 1 aliphatic carbocycles. The number of aryl methyl sites for hydroxylation is 1. The van der Waals surface area contributed by atoms with Gasteiger partial charge in [-0.2, -0.15) is 4.31 Å². The van der Waals surface area contributed by atoms with Crippen LogP contribution in [0.1, 0.15) is 31.2 Å². The summed E-state index contributed by atoms with van der Waals surface area (Å²) in [5.41, 5.74) is 1.03. The molecule has 6 nitrogen and oxygen atoms in total. The van der Waals surface area contributed by atoms with Crippen molar-refractivity contribution < 1.29 is 18.3 Å².